The summed E-state index contributed by atoms with van der Waals surface area (Å²) in [5.41, 5.74) is 0.886. The van der Waals surface area contributed by atoms with Crippen LogP contribution in [0.2, 0.25) is 5.02 Å². The Morgan fingerprint density at radius 1 is 1.24 bits per heavy atom. The van der Waals surface area contributed by atoms with E-state index in [0.717, 1.165) is 12.0 Å². The molecule has 1 aromatic rings. The van der Waals surface area contributed by atoms with Gasteiger partial charge in [-0.2, -0.15) is 0 Å². The Labute approximate surface area is 181 Å². The van der Waals surface area contributed by atoms with Gasteiger partial charge in [-0.05, 0) is 55.2 Å². The van der Waals surface area contributed by atoms with Crippen LogP contribution in [0.25, 0.3) is 0 Å². The first-order valence-corrected chi connectivity index (χ1v) is 10.5. The fourth-order valence-electron chi connectivity index (χ4n) is 3.28. The maximum absolute atomic E-state index is 13.1. The standard InChI is InChI=1S/C20H28Cl2N4O3/c1-12(2)17(24-18(27)13(3)25-22)20(29)26-9-5-8-16(26)19(28)23-11-14-6-4-7-15(21)10-14/h4,6-7,10,12-13,16-17,25H,5,8-9,11H2,1-3H3,(H,23,28)(H,24,27). The van der Waals surface area contributed by atoms with Crippen LogP contribution in [-0.2, 0) is 20.9 Å². The molecule has 9 heteroatoms. The highest BCUT2D eigenvalue weighted by Gasteiger charge is 2.38. The third-order valence-electron chi connectivity index (χ3n) is 4.98. The maximum atomic E-state index is 13.1. The predicted octanol–water partition coefficient (Wildman–Crippen LogP) is 2.22. The summed E-state index contributed by atoms with van der Waals surface area (Å²) in [5, 5.41) is 6.23. The van der Waals surface area contributed by atoms with Crippen molar-refractivity contribution in [2.45, 2.75) is 58.3 Å². The monoisotopic (exact) mass is 442 g/mol. The van der Waals surface area contributed by atoms with Gasteiger partial charge in [0.1, 0.15) is 12.1 Å². The lowest BCUT2D eigenvalue weighted by molar-refractivity contribution is -0.142. The Morgan fingerprint density at radius 3 is 2.59 bits per heavy atom. The minimum absolute atomic E-state index is 0.134. The average molecular weight is 443 g/mol. The summed E-state index contributed by atoms with van der Waals surface area (Å²) in [6.07, 6.45) is 1.32. The second kappa shape index (κ2) is 10.8. The first-order valence-electron chi connectivity index (χ1n) is 9.73. The molecule has 0 aromatic heterocycles. The second-order valence-electron chi connectivity index (χ2n) is 7.60. The van der Waals surface area contributed by atoms with E-state index in [1.807, 2.05) is 26.0 Å². The van der Waals surface area contributed by atoms with Crippen molar-refractivity contribution in [3.63, 3.8) is 0 Å². The van der Waals surface area contributed by atoms with Gasteiger partial charge in [0.2, 0.25) is 17.7 Å². The summed E-state index contributed by atoms with van der Waals surface area (Å²) in [4.78, 5) is 42.0. The highest BCUT2D eigenvalue weighted by molar-refractivity contribution is 6.30. The lowest BCUT2D eigenvalue weighted by Gasteiger charge is -2.31. The number of nitrogens with one attached hydrogen (secondary N) is 3. The number of carbonyl (C=O) groups is 3. The molecule has 29 heavy (non-hydrogen) atoms. The van der Waals surface area contributed by atoms with Crippen molar-refractivity contribution < 1.29 is 14.4 Å². The SMILES string of the molecule is CC(NCl)C(=O)NC(C(=O)N1CCCC1C(=O)NCc1cccc(Cl)c1)C(C)C. The molecule has 1 fully saturated rings. The molecule has 1 aromatic carbocycles. The van der Waals surface area contributed by atoms with E-state index in [1.54, 1.807) is 24.0 Å². The molecule has 0 bridgehead atoms. The summed E-state index contributed by atoms with van der Waals surface area (Å²) >= 11 is 11.5. The van der Waals surface area contributed by atoms with Crippen LogP contribution in [0.1, 0.15) is 39.2 Å². The summed E-state index contributed by atoms with van der Waals surface area (Å²) in [6, 6.07) is 5.34. The van der Waals surface area contributed by atoms with E-state index in [-0.39, 0.29) is 23.6 Å². The van der Waals surface area contributed by atoms with Crippen LogP contribution < -0.4 is 15.5 Å². The smallest absolute Gasteiger partial charge is 0.246 e. The van der Waals surface area contributed by atoms with E-state index in [1.165, 1.54) is 0 Å². The normalized spacial score (nSPS) is 18.4. The molecule has 3 atom stereocenters. The van der Waals surface area contributed by atoms with Crippen LogP contribution in [0, 0.1) is 5.92 Å². The van der Waals surface area contributed by atoms with Crippen molar-refractivity contribution in [2.75, 3.05) is 6.54 Å². The Kier molecular flexibility index (Phi) is 8.74. The van der Waals surface area contributed by atoms with Crippen molar-refractivity contribution >= 4 is 41.1 Å². The molecule has 3 amide bonds. The van der Waals surface area contributed by atoms with Gasteiger partial charge in [-0.1, -0.05) is 37.6 Å². The molecule has 2 rings (SSSR count). The number of likely N-dealkylation sites (tertiary alicyclic amines) is 1. The fraction of sp³-hybridized carbons (Fsp3) is 0.550. The van der Waals surface area contributed by atoms with Crippen LogP contribution >= 0.6 is 23.4 Å². The zero-order chi connectivity index (χ0) is 21.6. The van der Waals surface area contributed by atoms with E-state index in [0.29, 0.717) is 24.5 Å². The van der Waals surface area contributed by atoms with Crippen LogP contribution in [0.5, 0.6) is 0 Å². The number of carbonyl (C=O) groups excluding carboxylic acids is 3. The van der Waals surface area contributed by atoms with Crippen molar-refractivity contribution in [3.05, 3.63) is 34.9 Å². The van der Waals surface area contributed by atoms with Gasteiger partial charge in [-0.3, -0.25) is 14.4 Å². The van der Waals surface area contributed by atoms with E-state index in [4.69, 9.17) is 23.4 Å². The minimum atomic E-state index is -0.726. The third kappa shape index (κ3) is 6.32. The molecule has 160 valence electrons. The topological polar surface area (TPSA) is 90.5 Å². The molecular weight excluding hydrogens is 415 g/mol. The number of rotatable bonds is 8. The minimum Gasteiger partial charge on any atom is -0.350 e. The molecule has 1 aliphatic rings. The molecule has 1 heterocycles. The Hall–Kier alpha value is -1.83. The summed E-state index contributed by atoms with van der Waals surface area (Å²) in [6.45, 7) is 6.13. The number of benzene rings is 1. The number of amides is 3. The fourth-order valence-corrected chi connectivity index (χ4v) is 3.59. The van der Waals surface area contributed by atoms with E-state index in [9.17, 15) is 14.4 Å². The zero-order valence-electron chi connectivity index (χ0n) is 16.9. The largest absolute Gasteiger partial charge is 0.350 e. The van der Waals surface area contributed by atoms with Gasteiger partial charge >= 0.3 is 0 Å². The van der Waals surface area contributed by atoms with Gasteiger partial charge in [0.05, 0.1) is 6.04 Å². The van der Waals surface area contributed by atoms with Gasteiger partial charge in [0.25, 0.3) is 0 Å². The highest BCUT2D eigenvalue weighted by atomic mass is 35.5. The Morgan fingerprint density at radius 2 is 1.97 bits per heavy atom. The van der Waals surface area contributed by atoms with Gasteiger partial charge in [0, 0.05) is 18.1 Å². The van der Waals surface area contributed by atoms with Crippen molar-refractivity contribution in [1.29, 1.82) is 0 Å². The van der Waals surface area contributed by atoms with Crippen molar-refractivity contribution in [1.82, 2.24) is 20.4 Å². The van der Waals surface area contributed by atoms with E-state index in [2.05, 4.69) is 15.5 Å². The number of hydrogen-bond donors (Lipinski definition) is 3. The summed E-state index contributed by atoms with van der Waals surface area (Å²) in [5.74, 6) is -0.964. The molecule has 0 aliphatic carbocycles. The van der Waals surface area contributed by atoms with Gasteiger partial charge < -0.3 is 15.5 Å². The highest BCUT2D eigenvalue weighted by Crippen LogP contribution is 2.21. The molecule has 0 radical (unpaired) electrons. The van der Waals surface area contributed by atoms with E-state index >= 15 is 0 Å². The first-order chi connectivity index (χ1) is 13.7. The number of hydrogen-bond acceptors (Lipinski definition) is 4. The third-order valence-corrected chi connectivity index (χ3v) is 5.54. The van der Waals surface area contributed by atoms with Crippen LogP contribution in [0.4, 0.5) is 0 Å². The summed E-state index contributed by atoms with van der Waals surface area (Å²) < 4.78 is 0. The molecule has 1 saturated heterocycles. The lowest BCUT2D eigenvalue weighted by atomic mass is 10.0. The Balaban J connectivity index is 2.03. The number of nitrogens with zero attached hydrogens (tertiary/aromatic N) is 1. The number of halogens is 2. The molecule has 7 nitrogen and oxygen atoms in total. The lowest BCUT2D eigenvalue weighted by Crippen LogP contribution is -2.56. The molecular formula is C20H28Cl2N4O3. The van der Waals surface area contributed by atoms with E-state index < -0.39 is 18.1 Å². The molecule has 0 spiro atoms. The van der Waals surface area contributed by atoms with Gasteiger partial charge in [0.15, 0.2) is 0 Å². The van der Waals surface area contributed by atoms with Crippen LogP contribution in [0.3, 0.4) is 0 Å². The van der Waals surface area contributed by atoms with Crippen molar-refractivity contribution in [3.8, 4) is 0 Å². The predicted molar refractivity (Wildman–Crippen MR) is 113 cm³/mol. The zero-order valence-corrected chi connectivity index (χ0v) is 18.4. The van der Waals surface area contributed by atoms with Crippen molar-refractivity contribution in [2.24, 2.45) is 5.92 Å². The molecule has 3 unspecified atom stereocenters. The van der Waals surface area contributed by atoms with Gasteiger partial charge in [-0.15, -0.1) is 0 Å². The molecule has 3 N–H and O–H groups in total. The second-order valence-corrected chi connectivity index (χ2v) is 8.25. The molecule has 0 saturated carbocycles. The van der Waals surface area contributed by atoms with Crippen LogP contribution in [0.15, 0.2) is 24.3 Å². The molecule has 1 aliphatic heterocycles. The quantitative estimate of drug-likeness (QED) is 0.538. The maximum Gasteiger partial charge on any atom is 0.246 e. The van der Waals surface area contributed by atoms with Crippen LogP contribution in [-0.4, -0.2) is 47.3 Å². The van der Waals surface area contributed by atoms with Gasteiger partial charge in [-0.25, -0.2) is 4.84 Å². The first kappa shape index (κ1) is 23.4. The average Bonchev–Trinajstić information content (AvgIpc) is 3.18. The summed E-state index contributed by atoms with van der Waals surface area (Å²) in [7, 11) is 0. The Bertz CT molecular complexity index is 744.